The van der Waals surface area contributed by atoms with Crippen LogP contribution in [0.5, 0.6) is 5.75 Å². The van der Waals surface area contributed by atoms with E-state index in [4.69, 9.17) is 4.74 Å². The first-order valence-electron chi connectivity index (χ1n) is 6.16. The summed E-state index contributed by atoms with van der Waals surface area (Å²) < 4.78 is 5.24. The Kier molecular flexibility index (Phi) is 2.88. The van der Waals surface area contributed by atoms with Gasteiger partial charge in [0.25, 0.3) is 0 Å². The molecule has 2 aromatic carbocycles. The van der Waals surface area contributed by atoms with Gasteiger partial charge in [-0.2, -0.15) is 0 Å². The van der Waals surface area contributed by atoms with E-state index in [2.05, 4.69) is 9.97 Å². The fourth-order valence-electron chi connectivity index (χ4n) is 2.10. The molecule has 3 aromatic rings. The van der Waals surface area contributed by atoms with Gasteiger partial charge in [-0.15, -0.1) is 0 Å². The number of fused-ring (bicyclic) bond motifs is 1. The molecule has 19 heavy (non-hydrogen) atoms. The molecule has 3 heteroatoms. The summed E-state index contributed by atoms with van der Waals surface area (Å²) in [4.78, 5) is 9.20. The largest absolute Gasteiger partial charge is 0.497 e. The highest BCUT2D eigenvalue weighted by Crippen LogP contribution is 2.24. The van der Waals surface area contributed by atoms with Gasteiger partial charge in [0.15, 0.2) is 5.82 Å². The zero-order chi connectivity index (χ0) is 13.2. The standard InChI is InChI=1S/C16H14N2O/c1-11-14-10-13(19-2)8-9-15(14)18-16(17-11)12-6-4-3-5-7-12/h3-10H,1-2H3. The molecule has 1 heterocycles. The minimum atomic E-state index is 0.760. The first kappa shape index (κ1) is 11.7. The van der Waals surface area contributed by atoms with Gasteiger partial charge in [-0.25, -0.2) is 9.97 Å². The molecular formula is C16H14N2O. The first-order chi connectivity index (χ1) is 9.28. The Bertz CT molecular complexity index is 723. The van der Waals surface area contributed by atoms with Crippen LogP contribution in [-0.2, 0) is 0 Å². The highest BCUT2D eigenvalue weighted by molar-refractivity contribution is 5.84. The van der Waals surface area contributed by atoms with Gasteiger partial charge < -0.3 is 4.74 Å². The summed E-state index contributed by atoms with van der Waals surface area (Å²) in [5, 5.41) is 1.03. The average Bonchev–Trinajstić information content (AvgIpc) is 2.48. The molecule has 0 N–H and O–H groups in total. The fourth-order valence-corrected chi connectivity index (χ4v) is 2.10. The maximum absolute atomic E-state index is 5.24. The van der Waals surface area contributed by atoms with Crippen molar-refractivity contribution in [2.24, 2.45) is 0 Å². The van der Waals surface area contributed by atoms with Crippen molar-refractivity contribution in [1.82, 2.24) is 9.97 Å². The molecule has 1 aromatic heterocycles. The molecule has 0 saturated heterocycles. The summed E-state index contributed by atoms with van der Waals surface area (Å²) in [5.41, 5.74) is 2.93. The Morgan fingerprint density at radius 3 is 2.47 bits per heavy atom. The van der Waals surface area contributed by atoms with E-state index in [1.54, 1.807) is 7.11 Å². The summed E-state index contributed by atoms with van der Waals surface area (Å²) in [5.74, 6) is 1.59. The smallest absolute Gasteiger partial charge is 0.160 e. The quantitative estimate of drug-likeness (QED) is 0.696. The maximum atomic E-state index is 5.24. The maximum Gasteiger partial charge on any atom is 0.160 e. The van der Waals surface area contributed by atoms with Gasteiger partial charge in [-0.05, 0) is 25.1 Å². The summed E-state index contributed by atoms with van der Waals surface area (Å²) in [6, 6.07) is 15.9. The number of ether oxygens (including phenoxy) is 1. The zero-order valence-electron chi connectivity index (χ0n) is 10.9. The molecule has 0 amide bonds. The number of rotatable bonds is 2. The van der Waals surface area contributed by atoms with Gasteiger partial charge in [0.2, 0.25) is 0 Å². The van der Waals surface area contributed by atoms with Crippen LogP contribution in [0.2, 0.25) is 0 Å². The number of aromatic nitrogens is 2. The minimum absolute atomic E-state index is 0.760. The Morgan fingerprint density at radius 1 is 0.947 bits per heavy atom. The lowest BCUT2D eigenvalue weighted by molar-refractivity contribution is 0.415. The predicted octanol–water partition coefficient (Wildman–Crippen LogP) is 3.61. The number of aryl methyl sites for hydroxylation is 1. The van der Waals surface area contributed by atoms with Crippen LogP contribution in [-0.4, -0.2) is 17.1 Å². The second-order valence-electron chi connectivity index (χ2n) is 4.38. The summed E-state index contributed by atoms with van der Waals surface area (Å²) >= 11 is 0. The SMILES string of the molecule is COc1ccc2nc(-c3ccccc3)nc(C)c2c1. The van der Waals surface area contributed by atoms with Crippen LogP contribution in [0.1, 0.15) is 5.69 Å². The second kappa shape index (κ2) is 4.69. The number of hydrogen-bond donors (Lipinski definition) is 0. The lowest BCUT2D eigenvalue weighted by Crippen LogP contribution is -1.94. The van der Waals surface area contributed by atoms with Gasteiger partial charge in [0.05, 0.1) is 12.6 Å². The molecule has 0 aliphatic rings. The number of methoxy groups -OCH3 is 1. The van der Waals surface area contributed by atoms with E-state index < -0.39 is 0 Å². The van der Waals surface area contributed by atoms with Gasteiger partial charge in [-0.3, -0.25) is 0 Å². The van der Waals surface area contributed by atoms with Crippen molar-refractivity contribution in [1.29, 1.82) is 0 Å². The van der Waals surface area contributed by atoms with Crippen molar-refractivity contribution in [3.63, 3.8) is 0 Å². The molecule has 0 radical (unpaired) electrons. The predicted molar refractivity (Wildman–Crippen MR) is 76.3 cm³/mol. The van der Waals surface area contributed by atoms with Crippen LogP contribution >= 0.6 is 0 Å². The molecule has 3 rings (SSSR count). The highest BCUT2D eigenvalue weighted by Gasteiger charge is 2.07. The molecule has 0 atom stereocenters. The first-order valence-corrected chi connectivity index (χ1v) is 6.16. The molecule has 0 saturated carbocycles. The van der Waals surface area contributed by atoms with Crippen LogP contribution in [0.3, 0.4) is 0 Å². The van der Waals surface area contributed by atoms with Crippen LogP contribution < -0.4 is 4.74 Å². The summed E-state index contributed by atoms with van der Waals surface area (Å²) in [6.45, 7) is 2.00. The van der Waals surface area contributed by atoms with E-state index in [-0.39, 0.29) is 0 Å². The number of benzene rings is 2. The van der Waals surface area contributed by atoms with Crippen molar-refractivity contribution < 1.29 is 4.74 Å². The minimum Gasteiger partial charge on any atom is -0.497 e. The molecule has 0 aliphatic heterocycles. The van der Waals surface area contributed by atoms with E-state index in [9.17, 15) is 0 Å². The van der Waals surface area contributed by atoms with Crippen LogP contribution in [0, 0.1) is 6.92 Å². The van der Waals surface area contributed by atoms with E-state index in [0.29, 0.717) is 0 Å². The molecule has 94 valence electrons. The van der Waals surface area contributed by atoms with Gasteiger partial charge in [-0.1, -0.05) is 30.3 Å². The third kappa shape index (κ3) is 2.15. The monoisotopic (exact) mass is 250 g/mol. The Hall–Kier alpha value is -2.42. The Morgan fingerprint density at radius 2 is 1.74 bits per heavy atom. The second-order valence-corrected chi connectivity index (χ2v) is 4.38. The lowest BCUT2D eigenvalue weighted by Gasteiger charge is -2.07. The van der Waals surface area contributed by atoms with Gasteiger partial charge >= 0.3 is 0 Å². The molecule has 0 spiro atoms. The Balaban J connectivity index is 2.20. The normalized spacial score (nSPS) is 10.6. The molecule has 0 bridgehead atoms. The number of hydrogen-bond acceptors (Lipinski definition) is 3. The molecule has 0 fully saturated rings. The van der Waals surface area contributed by atoms with Crippen molar-refractivity contribution in [3.05, 3.63) is 54.2 Å². The zero-order valence-corrected chi connectivity index (χ0v) is 10.9. The Labute approximate surface area is 111 Å². The molecule has 3 nitrogen and oxygen atoms in total. The van der Waals surface area contributed by atoms with Crippen molar-refractivity contribution in [2.75, 3.05) is 7.11 Å². The lowest BCUT2D eigenvalue weighted by atomic mass is 10.1. The number of nitrogens with zero attached hydrogens (tertiary/aromatic N) is 2. The van der Waals surface area contributed by atoms with Crippen LogP contribution in [0.15, 0.2) is 48.5 Å². The van der Waals surface area contributed by atoms with Crippen molar-refractivity contribution in [3.8, 4) is 17.1 Å². The fraction of sp³-hybridized carbons (Fsp3) is 0.125. The molecule has 0 unspecified atom stereocenters. The summed E-state index contributed by atoms with van der Waals surface area (Å²) in [6.07, 6.45) is 0. The van der Waals surface area contributed by atoms with Gasteiger partial charge in [0, 0.05) is 16.6 Å². The third-order valence-electron chi connectivity index (χ3n) is 3.13. The van der Waals surface area contributed by atoms with E-state index in [0.717, 1.165) is 33.7 Å². The van der Waals surface area contributed by atoms with E-state index in [1.807, 2.05) is 55.5 Å². The molecule has 0 aliphatic carbocycles. The molecular weight excluding hydrogens is 236 g/mol. The van der Waals surface area contributed by atoms with Crippen LogP contribution in [0.4, 0.5) is 0 Å². The van der Waals surface area contributed by atoms with Crippen LogP contribution in [0.25, 0.3) is 22.3 Å². The van der Waals surface area contributed by atoms with E-state index in [1.165, 1.54) is 0 Å². The van der Waals surface area contributed by atoms with E-state index >= 15 is 0 Å². The van der Waals surface area contributed by atoms with Gasteiger partial charge in [0.1, 0.15) is 5.75 Å². The highest BCUT2D eigenvalue weighted by atomic mass is 16.5. The summed E-state index contributed by atoms with van der Waals surface area (Å²) in [7, 11) is 1.66. The average molecular weight is 250 g/mol. The van der Waals surface area contributed by atoms with Crippen molar-refractivity contribution in [2.45, 2.75) is 6.92 Å². The van der Waals surface area contributed by atoms with Crippen molar-refractivity contribution >= 4 is 10.9 Å². The third-order valence-corrected chi connectivity index (χ3v) is 3.13. The topological polar surface area (TPSA) is 35.0 Å².